The van der Waals surface area contributed by atoms with Crippen molar-refractivity contribution in [2.75, 3.05) is 13.1 Å². The van der Waals surface area contributed by atoms with Crippen LogP contribution in [-0.2, 0) is 6.42 Å². The van der Waals surface area contributed by atoms with Gasteiger partial charge in [-0.05, 0) is 42.9 Å². The smallest absolute Gasteiger partial charge is 0.330 e. The fraction of sp³-hybridized carbons (Fsp3) is 0.444. The molecule has 4 rings (SSSR count). The van der Waals surface area contributed by atoms with Gasteiger partial charge in [-0.25, -0.2) is 9.78 Å². The summed E-state index contributed by atoms with van der Waals surface area (Å²) in [6.07, 6.45) is 4.24. The Kier molecular flexibility index (Phi) is 5.03. The summed E-state index contributed by atoms with van der Waals surface area (Å²) >= 11 is 1.13. The minimum atomic E-state index is -0.460. The second-order valence-corrected chi connectivity index (χ2v) is 7.58. The highest BCUT2D eigenvalue weighted by atomic mass is 32.1. The molecule has 0 unspecified atom stereocenters. The number of hydrogen-bond acceptors (Lipinski definition) is 7. The molecule has 0 atom stereocenters. The fourth-order valence-corrected chi connectivity index (χ4v) is 4.31. The van der Waals surface area contributed by atoms with Crippen LogP contribution in [-0.4, -0.2) is 48.0 Å². The van der Waals surface area contributed by atoms with Crippen LogP contribution in [0.15, 0.2) is 27.9 Å². The number of amides is 1. The van der Waals surface area contributed by atoms with E-state index in [0.717, 1.165) is 30.1 Å². The van der Waals surface area contributed by atoms with E-state index < -0.39 is 5.69 Å². The van der Waals surface area contributed by atoms with E-state index in [9.17, 15) is 14.4 Å². The predicted octanol–water partition coefficient (Wildman–Crippen LogP) is 1.37. The Hall–Kier alpha value is -2.88. The highest BCUT2D eigenvalue weighted by Gasteiger charge is 2.29. The molecular formula is C18H20N6O3S. The Bertz CT molecular complexity index is 1130. The molecule has 28 heavy (non-hydrogen) atoms. The zero-order chi connectivity index (χ0) is 19.7. The van der Waals surface area contributed by atoms with E-state index >= 15 is 0 Å². The number of H-pyrrole nitrogens is 1. The lowest BCUT2D eigenvalue weighted by Crippen LogP contribution is -2.45. The van der Waals surface area contributed by atoms with Crippen LogP contribution >= 0.6 is 11.5 Å². The molecule has 1 amide bonds. The quantitative estimate of drug-likeness (QED) is 0.707. The van der Waals surface area contributed by atoms with Crippen molar-refractivity contribution in [2.45, 2.75) is 38.6 Å². The minimum Gasteiger partial charge on any atom is -0.338 e. The molecule has 1 fully saturated rings. The summed E-state index contributed by atoms with van der Waals surface area (Å²) in [4.78, 5) is 47.1. The lowest BCUT2D eigenvalue weighted by Gasteiger charge is -2.32. The molecule has 0 saturated carbocycles. The van der Waals surface area contributed by atoms with Gasteiger partial charge in [0.25, 0.3) is 11.5 Å². The van der Waals surface area contributed by atoms with Crippen LogP contribution < -0.4 is 11.2 Å². The van der Waals surface area contributed by atoms with E-state index in [4.69, 9.17) is 0 Å². The number of carbonyl (C=O) groups is 1. The molecule has 0 radical (unpaired) electrons. The number of rotatable bonds is 4. The van der Waals surface area contributed by atoms with Crippen LogP contribution in [0.4, 0.5) is 0 Å². The Morgan fingerprint density at radius 1 is 1.32 bits per heavy atom. The highest BCUT2D eigenvalue weighted by Crippen LogP contribution is 2.23. The number of aromatic nitrogens is 5. The number of aryl methyl sites for hydroxylation is 1. The van der Waals surface area contributed by atoms with Crippen molar-refractivity contribution in [3.8, 4) is 0 Å². The molecule has 9 nitrogen and oxygen atoms in total. The van der Waals surface area contributed by atoms with Crippen LogP contribution in [0.3, 0.4) is 0 Å². The first-order valence-corrected chi connectivity index (χ1v) is 10.1. The van der Waals surface area contributed by atoms with Gasteiger partial charge in [-0.3, -0.25) is 19.1 Å². The van der Waals surface area contributed by atoms with Crippen molar-refractivity contribution in [1.29, 1.82) is 0 Å². The van der Waals surface area contributed by atoms with Crippen LogP contribution in [0.2, 0.25) is 0 Å². The van der Waals surface area contributed by atoms with Crippen molar-refractivity contribution in [1.82, 2.24) is 29.0 Å². The van der Waals surface area contributed by atoms with Gasteiger partial charge in [-0.15, -0.1) is 5.10 Å². The molecule has 146 valence electrons. The standard InChI is InChI=1S/C18H20N6O3S/c1-2-4-13-14(28-22-21-13)17(26)23-9-6-11(7-10-23)24-16(25)12-5-3-8-19-15(12)20-18(24)27/h3,5,8,11H,2,4,6-7,9-10H2,1H3,(H,19,20,27). The second kappa shape index (κ2) is 7.63. The van der Waals surface area contributed by atoms with Crippen molar-refractivity contribution in [2.24, 2.45) is 0 Å². The minimum absolute atomic E-state index is 0.0686. The second-order valence-electron chi connectivity index (χ2n) is 6.83. The molecule has 1 aliphatic rings. The topological polar surface area (TPSA) is 114 Å². The van der Waals surface area contributed by atoms with Crippen molar-refractivity contribution >= 4 is 28.5 Å². The molecule has 10 heteroatoms. The van der Waals surface area contributed by atoms with Gasteiger partial charge in [-0.2, -0.15) is 0 Å². The van der Waals surface area contributed by atoms with Gasteiger partial charge >= 0.3 is 5.69 Å². The third-order valence-electron chi connectivity index (χ3n) is 5.05. The number of nitrogens with zero attached hydrogens (tertiary/aromatic N) is 5. The van der Waals surface area contributed by atoms with Gasteiger partial charge < -0.3 is 4.90 Å². The zero-order valence-electron chi connectivity index (χ0n) is 15.4. The number of pyridine rings is 1. The summed E-state index contributed by atoms with van der Waals surface area (Å²) in [5.41, 5.74) is 0.239. The van der Waals surface area contributed by atoms with E-state index in [1.807, 2.05) is 6.92 Å². The van der Waals surface area contributed by atoms with E-state index in [1.165, 1.54) is 10.8 Å². The zero-order valence-corrected chi connectivity index (χ0v) is 16.2. The third-order valence-corrected chi connectivity index (χ3v) is 5.81. The summed E-state index contributed by atoms with van der Waals surface area (Å²) in [5.74, 6) is -0.0686. The molecule has 3 aromatic rings. The SMILES string of the molecule is CCCc1nnsc1C(=O)N1CCC(n2c(=O)[nH]c3ncccc3c2=O)CC1. The third kappa shape index (κ3) is 3.24. The maximum atomic E-state index is 12.8. The molecule has 0 bridgehead atoms. The number of aromatic amines is 1. The van der Waals surface area contributed by atoms with Crippen molar-refractivity contribution in [3.63, 3.8) is 0 Å². The molecule has 1 N–H and O–H groups in total. The predicted molar refractivity (Wildman–Crippen MR) is 105 cm³/mol. The normalized spacial score (nSPS) is 15.2. The van der Waals surface area contributed by atoms with Gasteiger partial charge in [0.15, 0.2) is 0 Å². The molecule has 3 aromatic heterocycles. The Morgan fingerprint density at radius 3 is 2.86 bits per heavy atom. The lowest BCUT2D eigenvalue weighted by atomic mass is 10.0. The molecule has 0 aromatic carbocycles. The summed E-state index contributed by atoms with van der Waals surface area (Å²) in [6, 6.07) is 3.08. The highest BCUT2D eigenvalue weighted by molar-refractivity contribution is 7.08. The largest absolute Gasteiger partial charge is 0.338 e. The summed E-state index contributed by atoms with van der Waals surface area (Å²) in [5, 5.41) is 4.45. The van der Waals surface area contributed by atoms with E-state index in [0.29, 0.717) is 41.8 Å². The summed E-state index contributed by atoms with van der Waals surface area (Å²) in [7, 11) is 0. The van der Waals surface area contributed by atoms with Gasteiger partial charge in [0.05, 0.1) is 11.1 Å². The van der Waals surface area contributed by atoms with Gasteiger partial charge in [0.2, 0.25) is 0 Å². The molecule has 4 heterocycles. The first-order chi connectivity index (χ1) is 13.6. The number of piperidine rings is 1. The molecule has 1 aliphatic heterocycles. The molecule has 0 spiro atoms. The van der Waals surface area contributed by atoms with E-state index in [1.54, 1.807) is 17.0 Å². The van der Waals surface area contributed by atoms with Crippen LogP contribution in [0, 0.1) is 0 Å². The van der Waals surface area contributed by atoms with E-state index in [2.05, 4.69) is 19.6 Å². The average Bonchev–Trinajstić information content (AvgIpc) is 3.16. The fourth-order valence-electron chi connectivity index (χ4n) is 3.63. The van der Waals surface area contributed by atoms with Crippen LogP contribution in [0.5, 0.6) is 0 Å². The first-order valence-electron chi connectivity index (χ1n) is 9.30. The van der Waals surface area contributed by atoms with Crippen molar-refractivity contribution < 1.29 is 4.79 Å². The van der Waals surface area contributed by atoms with Crippen molar-refractivity contribution in [3.05, 3.63) is 49.7 Å². The molecular weight excluding hydrogens is 380 g/mol. The molecule has 0 aliphatic carbocycles. The maximum Gasteiger partial charge on any atom is 0.330 e. The van der Waals surface area contributed by atoms with Gasteiger partial charge in [0, 0.05) is 25.3 Å². The summed E-state index contributed by atoms with van der Waals surface area (Å²) in [6.45, 7) is 2.99. The van der Waals surface area contributed by atoms with E-state index in [-0.39, 0.29) is 17.5 Å². The average molecular weight is 400 g/mol. The number of fused-ring (bicyclic) bond motifs is 1. The maximum absolute atomic E-state index is 12.8. The first kappa shape index (κ1) is 18.5. The Balaban J connectivity index is 1.54. The Morgan fingerprint density at radius 2 is 2.11 bits per heavy atom. The van der Waals surface area contributed by atoms with Gasteiger partial charge in [-0.1, -0.05) is 17.8 Å². The Labute approximate surface area is 164 Å². The number of carbonyl (C=O) groups excluding carboxylic acids is 1. The molecule has 1 saturated heterocycles. The monoisotopic (exact) mass is 400 g/mol. The van der Waals surface area contributed by atoms with Crippen LogP contribution in [0.25, 0.3) is 11.0 Å². The van der Waals surface area contributed by atoms with Gasteiger partial charge in [0.1, 0.15) is 10.5 Å². The number of hydrogen-bond donors (Lipinski definition) is 1. The summed E-state index contributed by atoms with van der Waals surface area (Å²) < 4.78 is 5.19. The lowest BCUT2D eigenvalue weighted by molar-refractivity contribution is 0.0695. The number of nitrogens with one attached hydrogen (secondary N) is 1. The van der Waals surface area contributed by atoms with Crippen LogP contribution in [0.1, 0.15) is 47.6 Å². The number of likely N-dealkylation sites (tertiary alicyclic amines) is 1.